The Bertz CT molecular complexity index is 512. The molecule has 7 heteroatoms. The molecule has 0 aliphatic carbocycles. The summed E-state index contributed by atoms with van der Waals surface area (Å²) in [5.74, 6) is 0.978. The highest BCUT2D eigenvalue weighted by Crippen LogP contribution is 2.21. The molecule has 21 heavy (non-hydrogen) atoms. The molecule has 116 valence electrons. The fraction of sp³-hybridized carbons (Fsp3) is 0.643. The molecule has 0 bridgehead atoms. The zero-order valence-corrected chi connectivity index (χ0v) is 14.2. The van der Waals surface area contributed by atoms with Crippen molar-refractivity contribution in [1.29, 1.82) is 0 Å². The molecule has 2 heterocycles. The topological polar surface area (TPSA) is 67.4 Å². The van der Waals surface area contributed by atoms with Gasteiger partial charge in [0.25, 0.3) is 0 Å². The standard InChI is InChI=1S/C14H21BrN4O2/c1-9-4-5-10(2)19(8-9)14(20)17-6-11-13(21-3)16-7-12(15)18-11/h7,9-10H,4-6,8H2,1-3H3,(H,17,20). The maximum absolute atomic E-state index is 12.3. The van der Waals surface area contributed by atoms with Crippen molar-refractivity contribution in [2.45, 2.75) is 39.3 Å². The highest BCUT2D eigenvalue weighted by atomic mass is 79.9. The van der Waals surface area contributed by atoms with E-state index in [0.717, 1.165) is 13.0 Å². The number of likely N-dealkylation sites (tertiary alicyclic amines) is 1. The second kappa shape index (κ2) is 7.06. The molecule has 1 aliphatic rings. The minimum absolute atomic E-state index is 0.0575. The molecule has 1 N–H and O–H groups in total. The Labute approximate surface area is 133 Å². The summed E-state index contributed by atoms with van der Waals surface area (Å²) in [5.41, 5.74) is 0.609. The zero-order chi connectivity index (χ0) is 15.4. The lowest BCUT2D eigenvalue weighted by Gasteiger charge is -2.36. The van der Waals surface area contributed by atoms with Crippen molar-refractivity contribution in [3.63, 3.8) is 0 Å². The van der Waals surface area contributed by atoms with Crippen molar-refractivity contribution >= 4 is 22.0 Å². The van der Waals surface area contributed by atoms with Gasteiger partial charge in [-0.1, -0.05) is 6.92 Å². The number of piperidine rings is 1. The van der Waals surface area contributed by atoms with E-state index >= 15 is 0 Å². The molecule has 1 fully saturated rings. The Morgan fingerprint density at radius 3 is 3.00 bits per heavy atom. The van der Waals surface area contributed by atoms with Gasteiger partial charge in [-0.15, -0.1) is 0 Å². The van der Waals surface area contributed by atoms with Gasteiger partial charge in [-0.25, -0.2) is 14.8 Å². The van der Waals surface area contributed by atoms with Crippen LogP contribution in [-0.2, 0) is 6.54 Å². The van der Waals surface area contributed by atoms with Crippen LogP contribution in [-0.4, -0.2) is 40.6 Å². The summed E-state index contributed by atoms with van der Waals surface area (Å²) >= 11 is 3.27. The smallest absolute Gasteiger partial charge is 0.317 e. The maximum Gasteiger partial charge on any atom is 0.317 e. The average molecular weight is 357 g/mol. The Morgan fingerprint density at radius 2 is 2.29 bits per heavy atom. The van der Waals surface area contributed by atoms with E-state index in [1.165, 1.54) is 13.5 Å². The first-order valence-electron chi connectivity index (χ1n) is 7.11. The molecule has 0 spiro atoms. The number of methoxy groups -OCH3 is 1. The number of nitrogens with one attached hydrogen (secondary N) is 1. The van der Waals surface area contributed by atoms with E-state index in [-0.39, 0.29) is 12.1 Å². The average Bonchev–Trinajstić information content (AvgIpc) is 2.47. The Kier molecular flexibility index (Phi) is 5.39. The van der Waals surface area contributed by atoms with Gasteiger partial charge in [0.15, 0.2) is 0 Å². The summed E-state index contributed by atoms with van der Waals surface area (Å²) in [6, 6.07) is 0.217. The van der Waals surface area contributed by atoms with E-state index in [1.807, 2.05) is 4.90 Å². The molecule has 0 aromatic carbocycles. The number of hydrogen-bond acceptors (Lipinski definition) is 4. The molecule has 1 aromatic rings. The van der Waals surface area contributed by atoms with Gasteiger partial charge in [-0.05, 0) is 41.6 Å². The number of hydrogen-bond donors (Lipinski definition) is 1. The summed E-state index contributed by atoms with van der Waals surface area (Å²) in [5, 5.41) is 2.91. The maximum atomic E-state index is 12.3. The van der Waals surface area contributed by atoms with E-state index in [2.05, 4.69) is 45.1 Å². The predicted octanol–water partition coefficient (Wildman–Crippen LogP) is 2.58. The fourth-order valence-corrected chi connectivity index (χ4v) is 2.83. The van der Waals surface area contributed by atoms with Gasteiger partial charge < -0.3 is 15.0 Å². The lowest BCUT2D eigenvalue weighted by atomic mass is 9.95. The van der Waals surface area contributed by atoms with Crippen molar-refractivity contribution in [2.24, 2.45) is 5.92 Å². The van der Waals surface area contributed by atoms with Crippen molar-refractivity contribution in [2.75, 3.05) is 13.7 Å². The van der Waals surface area contributed by atoms with Crippen LogP contribution in [0.3, 0.4) is 0 Å². The second-order valence-electron chi connectivity index (χ2n) is 5.49. The molecule has 2 unspecified atom stereocenters. The van der Waals surface area contributed by atoms with Crippen LogP contribution >= 0.6 is 15.9 Å². The number of ether oxygens (including phenoxy) is 1. The first-order chi connectivity index (χ1) is 10.0. The predicted molar refractivity (Wildman–Crippen MR) is 83.1 cm³/mol. The second-order valence-corrected chi connectivity index (χ2v) is 6.30. The minimum Gasteiger partial charge on any atom is -0.480 e. The number of aromatic nitrogens is 2. The molecule has 2 atom stereocenters. The molecular weight excluding hydrogens is 336 g/mol. The fourth-order valence-electron chi connectivity index (χ4n) is 2.51. The molecule has 1 aromatic heterocycles. The SMILES string of the molecule is COc1ncc(Br)nc1CNC(=O)N1CC(C)CCC1C. The minimum atomic E-state index is -0.0575. The number of carbonyl (C=O) groups is 1. The van der Waals surface area contributed by atoms with Crippen LogP contribution in [0.1, 0.15) is 32.4 Å². The summed E-state index contributed by atoms with van der Waals surface area (Å²) in [7, 11) is 1.54. The highest BCUT2D eigenvalue weighted by molar-refractivity contribution is 9.10. The number of nitrogens with zero attached hydrogens (tertiary/aromatic N) is 3. The van der Waals surface area contributed by atoms with Crippen molar-refractivity contribution < 1.29 is 9.53 Å². The van der Waals surface area contributed by atoms with Crippen LogP contribution in [0.15, 0.2) is 10.8 Å². The first-order valence-corrected chi connectivity index (χ1v) is 7.90. The molecule has 2 amide bonds. The van der Waals surface area contributed by atoms with Crippen LogP contribution in [0.2, 0.25) is 0 Å². The molecule has 1 aliphatic heterocycles. The van der Waals surface area contributed by atoms with Gasteiger partial charge in [-0.2, -0.15) is 0 Å². The summed E-state index contributed by atoms with van der Waals surface area (Å²) in [6.07, 6.45) is 3.79. The van der Waals surface area contributed by atoms with E-state index in [0.29, 0.717) is 28.6 Å². The van der Waals surface area contributed by atoms with Crippen LogP contribution < -0.4 is 10.1 Å². The van der Waals surface area contributed by atoms with Crippen LogP contribution in [0, 0.1) is 5.92 Å². The quantitative estimate of drug-likeness (QED) is 0.903. The summed E-state index contributed by atoms with van der Waals surface area (Å²) < 4.78 is 5.77. The van der Waals surface area contributed by atoms with Crippen LogP contribution in [0.25, 0.3) is 0 Å². The summed E-state index contributed by atoms with van der Waals surface area (Å²) in [6.45, 7) is 5.36. The van der Waals surface area contributed by atoms with Gasteiger partial charge in [0.05, 0.1) is 19.9 Å². The van der Waals surface area contributed by atoms with Crippen molar-refractivity contribution in [3.05, 3.63) is 16.5 Å². The molecule has 0 saturated carbocycles. The molecule has 0 radical (unpaired) electrons. The van der Waals surface area contributed by atoms with Gasteiger partial charge in [0.2, 0.25) is 5.88 Å². The Morgan fingerprint density at radius 1 is 1.52 bits per heavy atom. The third-order valence-electron chi connectivity index (χ3n) is 3.76. The van der Waals surface area contributed by atoms with Gasteiger partial charge in [-0.3, -0.25) is 0 Å². The Hall–Kier alpha value is -1.37. The van der Waals surface area contributed by atoms with E-state index < -0.39 is 0 Å². The molecule has 1 saturated heterocycles. The summed E-state index contributed by atoms with van der Waals surface area (Å²) in [4.78, 5) is 22.6. The van der Waals surface area contributed by atoms with Crippen LogP contribution in [0.5, 0.6) is 5.88 Å². The van der Waals surface area contributed by atoms with Crippen molar-refractivity contribution in [3.8, 4) is 5.88 Å². The third kappa shape index (κ3) is 4.06. The number of urea groups is 1. The Balaban J connectivity index is 1.99. The van der Waals surface area contributed by atoms with Gasteiger partial charge in [0, 0.05) is 12.6 Å². The highest BCUT2D eigenvalue weighted by Gasteiger charge is 2.26. The normalized spacial score (nSPS) is 22.0. The lowest BCUT2D eigenvalue weighted by molar-refractivity contribution is 0.136. The van der Waals surface area contributed by atoms with Gasteiger partial charge >= 0.3 is 6.03 Å². The number of amides is 2. The molecular formula is C14H21BrN4O2. The lowest BCUT2D eigenvalue weighted by Crippen LogP contribution is -2.49. The molecule has 2 rings (SSSR count). The first kappa shape index (κ1) is 16.0. The number of rotatable bonds is 3. The van der Waals surface area contributed by atoms with E-state index in [1.54, 1.807) is 6.20 Å². The monoisotopic (exact) mass is 356 g/mol. The number of halogens is 1. The van der Waals surface area contributed by atoms with E-state index in [4.69, 9.17) is 4.74 Å². The van der Waals surface area contributed by atoms with Crippen molar-refractivity contribution in [1.82, 2.24) is 20.2 Å². The van der Waals surface area contributed by atoms with E-state index in [9.17, 15) is 4.79 Å². The number of carbonyl (C=O) groups excluding carboxylic acids is 1. The van der Waals surface area contributed by atoms with Crippen LogP contribution in [0.4, 0.5) is 4.79 Å². The van der Waals surface area contributed by atoms with Gasteiger partial charge in [0.1, 0.15) is 10.3 Å². The molecule has 6 nitrogen and oxygen atoms in total. The largest absolute Gasteiger partial charge is 0.480 e. The third-order valence-corrected chi connectivity index (χ3v) is 4.14. The zero-order valence-electron chi connectivity index (χ0n) is 12.6.